The summed E-state index contributed by atoms with van der Waals surface area (Å²) in [5.74, 6) is 0.556. The van der Waals surface area contributed by atoms with Crippen LogP contribution in [0.5, 0.6) is 0 Å². The largest absolute Gasteiger partial charge is 0.130 e. The molecular weight excluding hydrogens is 119 g/mol. The summed E-state index contributed by atoms with van der Waals surface area (Å²) in [6, 6.07) is 0. The standard InChI is InChI=1S/C3H5Cl.CH3Cl/c1-2-3-4;1-2/h2H,1,3H2;1H3. The molecule has 0 bridgehead atoms. The van der Waals surface area contributed by atoms with Gasteiger partial charge in [0.2, 0.25) is 0 Å². The summed E-state index contributed by atoms with van der Waals surface area (Å²) in [5.41, 5.74) is 0. The van der Waals surface area contributed by atoms with Gasteiger partial charge in [-0.3, -0.25) is 0 Å². The highest BCUT2D eigenvalue weighted by Crippen LogP contribution is 1.67. The van der Waals surface area contributed by atoms with Crippen LogP contribution in [0.25, 0.3) is 0 Å². The molecule has 0 saturated carbocycles. The molecule has 6 heavy (non-hydrogen) atoms. The lowest BCUT2D eigenvalue weighted by molar-refractivity contribution is 1.80. The Morgan fingerprint density at radius 2 is 1.83 bits per heavy atom. The van der Waals surface area contributed by atoms with Crippen molar-refractivity contribution in [3.05, 3.63) is 12.7 Å². The summed E-state index contributed by atoms with van der Waals surface area (Å²) in [7, 11) is 0. The summed E-state index contributed by atoms with van der Waals surface area (Å²) >= 11 is 9.71. The fourth-order valence-electron chi connectivity index (χ4n) is 0. The first-order chi connectivity index (χ1) is 2.91. The Morgan fingerprint density at radius 1 is 1.67 bits per heavy atom. The van der Waals surface area contributed by atoms with Crippen LogP contribution in [0.3, 0.4) is 0 Å². The first-order valence-electron chi connectivity index (χ1n) is 1.46. The van der Waals surface area contributed by atoms with E-state index < -0.39 is 0 Å². The maximum atomic E-state index is 5.07. The van der Waals surface area contributed by atoms with Gasteiger partial charge in [0.05, 0.1) is 0 Å². The summed E-state index contributed by atoms with van der Waals surface area (Å²) < 4.78 is 0. The van der Waals surface area contributed by atoms with Gasteiger partial charge in [0.15, 0.2) is 0 Å². The average molecular weight is 127 g/mol. The van der Waals surface area contributed by atoms with E-state index in [4.69, 9.17) is 11.6 Å². The molecule has 2 heteroatoms. The molecule has 0 atom stereocenters. The molecule has 0 aromatic rings. The SMILES string of the molecule is C=CCCl.CCl. The van der Waals surface area contributed by atoms with Crippen LogP contribution in [0.1, 0.15) is 0 Å². The van der Waals surface area contributed by atoms with Crippen molar-refractivity contribution in [3.8, 4) is 0 Å². The van der Waals surface area contributed by atoms with Crippen molar-refractivity contribution in [2.75, 3.05) is 12.3 Å². The summed E-state index contributed by atoms with van der Waals surface area (Å²) in [6.07, 6.45) is 3.11. The molecule has 0 radical (unpaired) electrons. The molecule has 38 valence electrons. The summed E-state index contributed by atoms with van der Waals surface area (Å²) in [4.78, 5) is 0. The molecule has 0 aliphatic carbocycles. The smallest absolute Gasteiger partial charge is 0.0401 e. The number of halogens is 2. The van der Waals surface area contributed by atoms with Gasteiger partial charge in [-0.15, -0.1) is 29.8 Å². The van der Waals surface area contributed by atoms with Gasteiger partial charge in [-0.25, -0.2) is 0 Å². The van der Waals surface area contributed by atoms with Crippen molar-refractivity contribution in [2.24, 2.45) is 0 Å². The second-order valence-corrected chi connectivity index (χ2v) is 0.752. The van der Waals surface area contributed by atoms with Crippen LogP contribution in [0.15, 0.2) is 12.7 Å². The number of hydrogen-bond donors (Lipinski definition) is 0. The van der Waals surface area contributed by atoms with Crippen molar-refractivity contribution in [1.82, 2.24) is 0 Å². The Labute approximate surface area is 48.8 Å². The highest BCUT2D eigenvalue weighted by Gasteiger charge is 1.48. The van der Waals surface area contributed by atoms with Crippen LogP contribution in [0.2, 0.25) is 0 Å². The molecule has 0 spiro atoms. The zero-order valence-electron chi connectivity index (χ0n) is 3.75. The molecule has 0 aliphatic rings. The molecule has 0 aromatic heterocycles. The minimum atomic E-state index is 0.556. The van der Waals surface area contributed by atoms with E-state index in [1.54, 1.807) is 6.08 Å². The van der Waals surface area contributed by atoms with E-state index in [1.165, 1.54) is 6.38 Å². The van der Waals surface area contributed by atoms with E-state index in [0.717, 1.165) is 0 Å². The van der Waals surface area contributed by atoms with Gasteiger partial charge in [0, 0.05) is 12.3 Å². The molecule has 0 N–H and O–H groups in total. The lowest BCUT2D eigenvalue weighted by atomic mass is 10.8. The van der Waals surface area contributed by atoms with Crippen molar-refractivity contribution in [2.45, 2.75) is 0 Å². The number of allylic oxidation sites excluding steroid dienone is 1. The predicted octanol–water partition coefficient (Wildman–Crippen LogP) is 2.27. The van der Waals surface area contributed by atoms with E-state index in [9.17, 15) is 0 Å². The number of hydrogen-bond acceptors (Lipinski definition) is 0. The van der Waals surface area contributed by atoms with Gasteiger partial charge in [-0.05, 0) is 0 Å². The number of alkyl halides is 2. The highest BCUT2D eigenvalue weighted by atomic mass is 35.5. The third kappa shape index (κ3) is 27.3. The van der Waals surface area contributed by atoms with E-state index in [-0.39, 0.29) is 0 Å². The van der Waals surface area contributed by atoms with Crippen LogP contribution < -0.4 is 0 Å². The van der Waals surface area contributed by atoms with E-state index in [0.29, 0.717) is 5.88 Å². The van der Waals surface area contributed by atoms with E-state index in [2.05, 4.69) is 18.2 Å². The molecule has 0 unspecified atom stereocenters. The van der Waals surface area contributed by atoms with Gasteiger partial charge < -0.3 is 0 Å². The third-order valence-electron chi connectivity index (χ3n) is 0.109. The fourth-order valence-corrected chi connectivity index (χ4v) is 0. The molecule has 0 amide bonds. The molecular formula is C4H8Cl2. The number of rotatable bonds is 1. The molecule has 0 heterocycles. The molecule has 0 fully saturated rings. The van der Waals surface area contributed by atoms with Crippen LogP contribution >= 0.6 is 23.2 Å². The minimum Gasteiger partial charge on any atom is -0.130 e. The Morgan fingerprint density at radius 3 is 1.83 bits per heavy atom. The first-order valence-corrected chi connectivity index (χ1v) is 2.75. The summed E-state index contributed by atoms with van der Waals surface area (Å²) in [5, 5.41) is 0. The van der Waals surface area contributed by atoms with Gasteiger partial charge in [-0.1, -0.05) is 6.08 Å². The van der Waals surface area contributed by atoms with Gasteiger partial charge in [0.1, 0.15) is 0 Å². The van der Waals surface area contributed by atoms with Crippen molar-refractivity contribution >= 4 is 23.2 Å². The van der Waals surface area contributed by atoms with Crippen LogP contribution in [0, 0.1) is 0 Å². The highest BCUT2D eigenvalue weighted by molar-refractivity contribution is 6.18. The molecule has 0 aromatic carbocycles. The summed E-state index contributed by atoms with van der Waals surface area (Å²) in [6.45, 7) is 3.35. The Bertz CT molecular complexity index is 19.5. The maximum Gasteiger partial charge on any atom is 0.0401 e. The lowest BCUT2D eigenvalue weighted by Crippen LogP contribution is -1.45. The molecule has 0 nitrogen and oxygen atoms in total. The Balaban J connectivity index is 0. The van der Waals surface area contributed by atoms with E-state index in [1.807, 2.05) is 0 Å². The quantitative estimate of drug-likeness (QED) is 0.374. The van der Waals surface area contributed by atoms with Crippen molar-refractivity contribution < 1.29 is 0 Å². The topological polar surface area (TPSA) is 0 Å². The minimum absolute atomic E-state index is 0.556. The second kappa shape index (κ2) is 18.4. The zero-order valence-corrected chi connectivity index (χ0v) is 5.26. The van der Waals surface area contributed by atoms with Gasteiger partial charge >= 0.3 is 0 Å². The molecule has 0 rings (SSSR count). The molecule has 0 saturated heterocycles. The lowest BCUT2D eigenvalue weighted by Gasteiger charge is -1.55. The first kappa shape index (κ1) is 9.58. The van der Waals surface area contributed by atoms with Crippen LogP contribution in [-0.4, -0.2) is 12.3 Å². The monoisotopic (exact) mass is 126 g/mol. The molecule has 0 aliphatic heterocycles. The zero-order chi connectivity index (χ0) is 5.41. The normalized spacial score (nSPS) is 5.17. The fraction of sp³-hybridized carbons (Fsp3) is 0.500. The van der Waals surface area contributed by atoms with Crippen LogP contribution in [0.4, 0.5) is 0 Å². The third-order valence-corrected chi connectivity index (χ3v) is 0.327. The Kier molecular flexibility index (Phi) is 29.5. The van der Waals surface area contributed by atoms with Crippen molar-refractivity contribution in [3.63, 3.8) is 0 Å². The van der Waals surface area contributed by atoms with Crippen molar-refractivity contribution in [1.29, 1.82) is 0 Å². The van der Waals surface area contributed by atoms with E-state index >= 15 is 0 Å². The van der Waals surface area contributed by atoms with Gasteiger partial charge in [0.25, 0.3) is 0 Å². The Hall–Kier alpha value is 0.320. The van der Waals surface area contributed by atoms with Gasteiger partial charge in [-0.2, -0.15) is 0 Å². The van der Waals surface area contributed by atoms with Crippen LogP contribution in [-0.2, 0) is 0 Å². The second-order valence-electron chi connectivity index (χ2n) is 0.443. The average Bonchev–Trinajstić information content (AvgIpc) is 1.72. The predicted molar refractivity (Wildman–Crippen MR) is 32.7 cm³/mol. The maximum absolute atomic E-state index is 5.07.